The fourth-order valence-corrected chi connectivity index (χ4v) is 3.38. The molecule has 0 saturated carbocycles. The molecule has 2 aromatic carbocycles. The number of benzene rings is 2. The molecule has 3 nitrogen and oxygen atoms in total. The van der Waals surface area contributed by atoms with E-state index in [1.165, 1.54) is 12.1 Å². The second-order valence-electron chi connectivity index (χ2n) is 6.76. The van der Waals surface area contributed by atoms with Crippen LogP contribution in [0, 0.1) is 11.7 Å². The van der Waals surface area contributed by atoms with E-state index in [0.29, 0.717) is 22.9 Å². The van der Waals surface area contributed by atoms with Crippen molar-refractivity contribution in [1.29, 1.82) is 0 Å². The highest BCUT2D eigenvalue weighted by atomic mass is 35.5. The highest BCUT2D eigenvalue weighted by Gasteiger charge is 2.43. The summed E-state index contributed by atoms with van der Waals surface area (Å²) in [6.45, 7) is 0.464. The Morgan fingerprint density at radius 2 is 1.93 bits per heavy atom. The monoisotopic (exact) mass is 399 g/mol. The number of aliphatic hydroxyl groups is 1. The van der Waals surface area contributed by atoms with Crippen LogP contribution in [-0.4, -0.2) is 35.6 Å². The normalized spacial score (nSPS) is 19.8. The van der Waals surface area contributed by atoms with Crippen LogP contribution in [0.1, 0.15) is 17.5 Å². The summed E-state index contributed by atoms with van der Waals surface area (Å²) < 4.78 is 46.7. The summed E-state index contributed by atoms with van der Waals surface area (Å²) in [7, 11) is 0. The number of ether oxygens (including phenoxy) is 1. The summed E-state index contributed by atoms with van der Waals surface area (Å²) in [5, 5.41) is 9.49. The van der Waals surface area contributed by atoms with Gasteiger partial charge in [-0.2, -0.15) is 0 Å². The van der Waals surface area contributed by atoms with Crippen molar-refractivity contribution in [3.8, 4) is 5.75 Å². The van der Waals surface area contributed by atoms with Crippen LogP contribution in [0.15, 0.2) is 42.5 Å². The van der Waals surface area contributed by atoms with Crippen molar-refractivity contribution >= 4 is 11.6 Å². The van der Waals surface area contributed by atoms with Gasteiger partial charge < -0.3 is 9.84 Å². The molecule has 27 heavy (non-hydrogen) atoms. The van der Waals surface area contributed by atoms with E-state index in [1.807, 2.05) is 17.0 Å². The Morgan fingerprint density at radius 1 is 1.19 bits per heavy atom. The van der Waals surface area contributed by atoms with Crippen LogP contribution in [0.4, 0.5) is 13.2 Å². The molecule has 0 aromatic heterocycles. The van der Waals surface area contributed by atoms with Gasteiger partial charge in [0.2, 0.25) is 0 Å². The van der Waals surface area contributed by atoms with Crippen LogP contribution >= 0.6 is 11.6 Å². The van der Waals surface area contributed by atoms with E-state index in [0.717, 1.165) is 5.56 Å². The van der Waals surface area contributed by atoms with Gasteiger partial charge in [0.25, 0.3) is 5.92 Å². The second kappa shape index (κ2) is 8.50. The number of piperidine rings is 1. The van der Waals surface area contributed by atoms with Crippen molar-refractivity contribution in [2.75, 3.05) is 19.7 Å². The summed E-state index contributed by atoms with van der Waals surface area (Å²) in [6.07, 6.45) is -0.247. The molecule has 0 aliphatic carbocycles. The van der Waals surface area contributed by atoms with Crippen molar-refractivity contribution in [2.45, 2.75) is 25.5 Å². The van der Waals surface area contributed by atoms with Gasteiger partial charge in [0.05, 0.1) is 17.5 Å². The zero-order valence-electron chi connectivity index (χ0n) is 14.7. The number of halogens is 4. The first-order chi connectivity index (χ1) is 12.9. The number of hydrogen-bond donors (Lipinski definition) is 1. The van der Waals surface area contributed by atoms with Crippen LogP contribution in [0.5, 0.6) is 5.75 Å². The average molecular weight is 400 g/mol. The van der Waals surface area contributed by atoms with Crippen LogP contribution in [-0.2, 0) is 13.2 Å². The summed E-state index contributed by atoms with van der Waals surface area (Å²) in [5.74, 6) is -3.69. The van der Waals surface area contributed by atoms with Gasteiger partial charge >= 0.3 is 0 Å². The lowest BCUT2D eigenvalue weighted by Crippen LogP contribution is -2.48. The molecule has 3 rings (SSSR count). The molecule has 1 unspecified atom stereocenters. The minimum absolute atomic E-state index is 0.0181. The van der Waals surface area contributed by atoms with E-state index >= 15 is 0 Å². The highest BCUT2D eigenvalue weighted by molar-refractivity contribution is 6.31. The Labute approximate surface area is 161 Å². The van der Waals surface area contributed by atoms with Crippen LogP contribution < -0.4 is 4.74 Å². The van der Waals surface area contributed by atoms with E-state index in [-0.39, 0.29) is 26.1 Å². The highest BCUT2D eigenvalue weighted by Crippen LogP contribution is 2.33. The number of alkyl halides is 2. The Bertz CT molecular complexity index is 750. The van der Waals surface area contributed by atoms with Crippen LogP contribution in [0.25, 0.3) is 0 Å². The molecule has 7 heteroatoms. The molecule has 0 radical (unpaired) electrons. The van der Waals surface area contributed by atoms with Crippen molar-refractivity contribution in [2.24, 2.45) is 5.92 Å². The summed E-state index contributed by atoms with van der Waals surface area (Å²) in [6, 6.07) is 11.7. The first-order valence-electron chi connectivity index (χ1n) is 8.74. The smallest absolute Gasteiger partial charge is 0.255 e. The quantitative estimate of drug-likeness (QED) is 0.775. The van der Waals surface area contributed by atoms with Gasteiger partial charge in [0.1, 0.15) is 18.2 Å². The van der Waals surface area contributed by atoms with E-state index < -0.39 is 24.3 Å². The number of nitrogens with zero attached hydrogens (tertiary/aromatic N) is 1. The fourth-order valence-electron chi connectivity index (χ4n) is 3.16. The molecule has 1 aliphatic rings. The third-order valence-corrected chi connectivity index (χ3v) is 5.19. The molecule has 1 saturated heterocycles. The Kier molecular flexibility index (Phi) is 6.29. The standard InChI is InChI=1S/C20H21ClF3NO2/c21-18-2-1-3-19(22)17(18)13-27-16-6-4-14(5-7-16)10-25-9-8-20(23,24)15(11-25)12-26/h1-7,15,26H,8-13H2. The summed E-state index contributed by atoms with van der Waals surface area (Å²) in [5.41, 5.74) is 1.25. The Balaban J connectivity index is 1.56. The molecule has 2 aromatic rings. The molecular formula is C20H21ClF3NO2. The van der Waals surface area contributed by atoms with Gasteiger partial charge in [0.15, 0.2) is 0 Å². The molecule has 0 spiro atoms. The van der Waals surface area contributed by atoms with E-state index in [4.69, 9.17) is 16.3 Å². The zero-order chi connectivity index (χ0) is 19.4. The Morgan fingerprint density at radius 3 is 2.59 bits per heavy atom. The number of likely N-dealkylation sites (tertiary alicyclic amines) is 1. The van der Waals surface area contributed by atoms with Gasteiger partial charge in [-0.05, 0) is 29.8 Å². The van der Waals surface area contributed by atoms with E-state index in [9.17, 15) is 18.3 Å². The van der Waals surface area contributed by atoms with E-state index in [2.05, 4.69) is 0 Å². The van der Waals surface area contributed by atoms with Gasteiger partial charge in [-0.3, -0.25) is 4.90 Å². The maximum atomic E-state index is 13.8. The van der Waals surface area contributed by atoms with Gasteiger partial charge in [-0.15, -0.1) is 0 Å². The third kappa shape index (κ3) is 4.94. The molecule has 0 bridgehead atoms. The summed E-state index contributed by atoms with van der Waals surface area (Å²) in [4.78, 5) is 1.91. The third-order valence-electron chi connectivity index (χ3n) is 4.83. The van der Waals surface area contributed by atoms with Crippen LogP contribution in [0.2, 0.25) is 5.02 Å². The predicted octanol–water partition coefficient (Wildman–Crippen LogP) is 4.51. The largest absolute Gasteiger partial charge is 0.489 e. The second-order valence-corrected chi connectivity index (χ2v) is 7.17. The van der Waals surface area contributed by atoms with Gasteiger partial charge in [-0.25, -0.2) is 13.2 Å². The maximum absolute atomic E-state index is 13.8. The lowest BCUT2D eigenvalue weighted by molar-refractivity contribution is -0.121. The number of rotatable bonds is 6. The van der Waals surface area contributed by atoms with Crippen molar-refractivity contribution in [3.05, 3.63) is 64.4 Å². The van der Waals surface area contributed by atoms with E-state index in [1.54, 1.807) is 18.2 Å². The van der Waals surface area contributed by atoms with Crippen molar-refractivity contribution in [1.82, 2.24) is 4.90 Å². The molecule has 0 amide bonds. The lowest BCUT2D eigenvalue weighted by atomic mass is 9.94. The van der Waals surface area contributed by atoms with Gasteiger partial charge in [-0.1, -0.05) is 29.8 Å². The Hall–Kier alpha value is -1.76. The average Bonchev–Trinajstić information content (AvgIpc) is 2.64. The van der Waals surface area contributed by atoms with Gasteiger partial charge in [0, 0.05) is 31.6 Å². The SMILES string of the molecule is OCC1CN(Cc2ccc(OCc3c(F)cccc3Cl)cc2)CCC1(F)F. The van der Waals surface area contributed by atoms with Crippen molar-refractivity contribution in [3.63, 3.8) is 0 Å². The molecular weight excluding hydrogens is 379 g/mol. The summed E-state index contributed by atoms with van der Waals surface area (Å²) >= 11 is 5.98. The molecule has 1 atom stereocenters. The fraction of sp³-hybridized carbons (Fsp3) is 0.400. The maximum Gasteiger partial charge on any atom is 0.255 e. The predicted molar refractivity (Wildman–Crippen MR) is 97.6 cm³/mol. The zero-order valence-corrected chi connectivity index (χ0v) is 15.4. The first-order valence-corrected chi connectivity index (χ1v) is 9.12. The molecule has 1 aliphatic heterocycles. The lowest BCUT2D eigenvalue weighted by Gasteiger charge is -2.37. The topological polar surface area (TPSA) is 32.7 Å². The number of hydrogen-bond acceptors (Lipinski definition) is 3. The number of aliphatic hydroxyl groups excluding tert-OH is 1. The molecule has 1 N–H and O–H groups in total. The first kappa shape index (κ1) is 20.0. The molecule has 1 fully saturated rings. The molecule has 1 heterocycles. The van der Waals surface area contributed by atoms with Crippen molar-refractivity contribution < 1.29 is 23.0 Å². The minimum Gasteiger partial charge on any atom is -0.489 e. The molecule has 146 valence electrons. The van der Waals surface area contributed by atoms with Crippen LogP contribution in [0.3, 0.4) is 0 Å². The minimum atomic E-state index is -2.81.